The Balaban J connectivity index is 2.34. The van der Waals surface area contributed by atoms with Crippen molar-refractivity contribution in [3.63, 3.8) is 0 Å². The first kappa shape index (κ1) is 14.2. The van der Waals surface area contributed by atoms with E-state index in [1.807, 2.05) is 13.0 Å². The molecule has 0 aromatic heterocycles. The molecule has 4 heteroatoms. The van der Waals surface area contributed by atoms with Crippen molar-refractivity contribution in [1.82, 2.24) is 9.80 Å². The molecule has 1 N–H and O–H groups in total. The zero-order valence-corrected chi connectivity index (χ0v) is 11.1. The molecule has 98 valence electrons. The van der Waals surface area contributed by atoms with Gasteiger partial charge in [-0.25, -0.2) is 4.79 Å². The summed E-state index contributed by atoms with van der Waals surface area (Å²) < 4.78 is 0. The first-order chi connectivity index (χ1) is 8.02. The maximum Gasteiger partial charge on any atom is 0.331 e. The van der Waals surface area contributed by atoms with E-state index >= 15 is 0 Å². The minimum Gasteiger partial charge on any atom is -0.478 e. The summed E-state index contributed by atoms with van der Waals surface area (Å²) in [6, 6.07) is 0. The van der Waals surface area contributed by atoms with Crippen molar-refractivity contribution in [3.05, 3.63) is 11.6 Å². The predicted molar refractivity (Wildman–Crippen MR) is 69.1 cm³/mol. The summed E-state index contributed by atoms with van der Waals surface area (Å²) >= 11 is 0. The number of hydrogen-bond donors (Lipinski definition) is 1. The van der Waals surface area contributed by atoms with Crippen molar-refractivity contribution in [3.8, 4) is 0 Å². The van der Waals surface area contributed by atoms with Crippen LogP contribution in [0.2, 0.25) is 0 Å². The Bertz CT molecular complexity index is 289. The van der Waals surface area contributed by atoms with E-state index in [-0.39, 0.29) is 0 Å². The van der Waals surface area contributed by atoms with Gasteiger partial charge in [-0.15, -0.1) is 0 Å². The molecule has 0 bridgehead atoms. The van der Waals surface area contributed by atoms with Gasteiger partial charge in [-0.2, -0.15) is 0 Å². The minimum absolute atomic E-state index is 0.514. The third-order valence-electron chi connectivity index (χ3n) is 3.36. The van der Waals surface area contributed by atoms with Gasteiger partial charge in [0.15, 0.2) is 0 Å². The van der Waals surface area contributed by atoms with Gasteiger partial charge in [-0.3, -0.25) is 0 Å². The Kier molecular flexibility index (Phi) is 5.65. The number of nitrogens with zero attached hydrogens (tertiary/aromatic N) is 2. The highest BCUT2D eigenvalue weighted by molar-refractivity contribution is 5.86. The van der Waals surface area contributed by atoms with Crippen LogP contribution in [0.4, 0.5) is 0 Å². The van der Waals surface area contributed by atoms with Crippen molar-refractivity contribution in [2.45, 2.75) is 19.8 Å². The summed E-state index contributed by atoms with van der Waals surface area (Å²) in [5, 5.41) is 8.91. The molecule has 1 rings (SSSR count). The van der Waals surface area contributed by atoms with Gasteiger partial charge < -0.3 is 14.9 Å². The van der Waals surface area contributed by atoms with E-state index in [1.54, 1.807) is 0 Å². The largest absolute Gasteiger partial charge is 0.478 e. The van der Waals surface area contributed by atoms with Crippen molar-refractivity contribution in [2.75, 3.05) is 40.3 Å². The molecule has 0 aliphatic carbocycles. The van der Waals surface area contributed by atoms with Gasteiger partial charge in [0.1, 0.15) is 0 Å². The highest BCUT2D eigenvalue weighted by Crippen LogP contribution is 2.15. The van der Waals surface area contributed by atoms with Crippen LogP contribution < -0.4 is 0 Å². The van der Waals surface area contributed by atoms with Gasteiger partial charge in [0.2, 0.25) is 0 Å². The van der Waals surface area contributed by atoms with Crippen LogP contribution in [0, 0.1) is 5.92 Å². The second-order valence-electron chi connectivity index (χ2n) is 5.03. The molecule has 0 amide bonds. The van der Waals surface area contributed by atoms with Crippen LogP contribution in [-0.4, -0.2) is 61.2 Å². The maximum atomic E-state index is 10.8. The van der Waals surface area contributed by atoms with Crippen molar-refractivity contribution in [1.29, 1.82) is 0 Å². The van der Waals surface area contributed by atoms with Crippen molar-refractivity contribution >= 4 is 5.97 Å². The molecule has 4 nitrogen and oxygen atoms in total. The summed E-state index contributed by atoms with van der Waals surface area (Å²) in [7, 11) is 4.21. The fourth-order valence-electron chi connectivity index (χ4n) is 2.34. The Morgan fingerprint density at radius 2 is 2.29 bits per heavy atom. The van der Waals surface area contributed by atoms with E-state index in [1.165, 1.54) is 13.0 Å². The lowest BCUT2D eigenvalue weighted by Gasteiger charge is -2.19. The van der Waals surface area contributed by atoms with Crippen molar-refractivity contribution in [2.24, 2.45) is 5.92 Å². The highest BCUT2D eigenvalue weighted by Gasteiger charge is 2.20. The first-order valence-corrected chi connectivity index (χ1v) is 6.32. The van der Waals surface area contributed by atoms with Gasteiger partial charge in [0.25, 0.3) is 0 Å². The Labute approximate surface area is 104 Å². The molecule has 17 heavy (non-hydrogen) atoms. The monoisotopic (exact) mass is 240 g/mol. The molecule has 1 atom stereocenters. The average molecular weight is 240 g/mol. The standard InChI is InChI=1S/C13H24N2O2/c1-4-12(13(16)17)6-8-15(3)10-11-5-7-14(2)9-11/h6,11H,4-5,7-10H2,1-3H3,(H,16,17). The van der Waals surface area contributed by atoms with Crippen LogP contribution in [0.15, 0.2) is 11.6 Å². The van der Waals surface area contributed by atoms with E-state index in [4.69, 9.17) is 5.11 Å². The van der Waals surface area contributed by atoms with Gasteiger partial charge in [-0.05, 0) is 39.4 Å². The topological polar surface area (TPSA) is 43.8 Å². The molecule has 1 heterocycles. The highest BCUT2D eigenvalue weighted by atomic mass is 16.4. The number of likely N-dealkylation sites (N-methyl/N-ethyl adjacent to an activating group) is 1. The second-order valence-corrected chi connectivity index (χ2v) is 5.03. The molecule has 0 aromatic rings. The predicted octanol–water partition coefficient (Wildman–Crippen LogP) is 1.29. The normalized spacial score (nSPS) is 22.4. The van der Waals surface area contributed by atoms with E-state index < -0.39 is 5.97 Å². The van der Waals surface area contributed by atoms with Gasteiger partial charge in [0, 0.05) is 25.2 Å². The van der Waals surface area contributed by atoms with E-state index in [9.17, 15) is 4.79 Å². The first-order valence-electron chi connectivity index (χ1n) is 6.32. The smallest absolute Gasteiger partial charge is 0.331 e. The molecule has 0 radical (unpaired) electrons. The van der Waals surface area contributed by atoms with Gasteiger partial charge in [-0.1, -0.05) is 13.0 Å². The Hall–Kier alpha value is -0.870. The molecule has 0 saturated carbocycles. The minimum atomic E-state index is -0.790. The molecular formula is C13H24N2O2. The SMILES string of the molecule is CCC(=CCN(C)CC1CCN(C)C1)C(=O)O. The number of aliphatic carboxylic acids is 1. The number of likely N-dealkylation sites (tertiary alicyclic amines) is 1. The quantitative estimate of drug-likeness (QED) is 0.711. The molecular weight excluding hydrogens is 216 g/mol. The number of carbonyl (C=O) groups is 1. The summed E-state index contributed by atoms with van der Waals surface area (Å²) in [5.74, 6) is -0.0604. The van der Waals surface area contributed by atoms with E-state index in [0.29, 0.717) is 12.0 Å². The van der Waals surface area contributed by atoms with Crippen LogP contribution in [0.3, 0.4) is 0 Å². The molecule has 0 aromatic carbocycles. The summed E-state index contributed by atoms with van der Waals surface area (Å²) in [6.45, 7) is 6.01. The lowest BCUT2D eigenvalue weighted by Crippen LogP contribution is -2.27. The lowest BCUT2D eigenvalue weighted by atomic mass is 10.1. The van der Waals surface area contributed by atoms with Gasteiger partial charge in [0.05, 0.1) is 0 Å². The summed E-state index contributed by atoms with van der Waals surface area (Å²) in [4.78, 5) is 15.4. The van der Waals surface area contributed by atoms with Gasteiger partial charge >= 0.3 is 5.97 Å². The maximum absolute atomic E-state index is 10.8. The third kappa shape index (κ3) is 4.88. The molecule has 1 saturated heterocycles. The van der Waals surface area contributed by atoms with Crippen LogP contribution in [0.25, 0.3) is 0 Å². The molecule has 1 unspecified atom stereocenters. The molecule has 1 aliphatic heterocycles. The van der Waals surface area contributed by atoms with Crippen LogP contribution in [0.5, 0.6) is 0 Å². The summed E-state index contributed by atoms with van der Waals surface area (Å²) in [5.41, 5.74) is 0.514. The number of rotatable bonds is 6. The third-order valence-corrected chi connectivity index (χ3v) is 3.36. The Morgan fingerprint density at radius 1 is 1.59 bits per heavy atom. The zero-order chi connectivity index (χ0) is 12.8. The molecule has 1 aliphatic rings. The number of carboxylic acid groups (broad SMARTS) is 1. The van der Waals surface area contributed by atoms with E-state index in [2.05, 4.69) is 23.9 Å². The second kappa shape index (κ2) is 6.77. The summed E-state index contributed by atoms with van der Waals surface area (Å²) in [6.07, 6.45) is 3.68. The average Bonchev–Trinajstić information content (AvgIpc) is 2.64. The molecule has 0 spiro atoms. The van der Waals surface area contributed by atoms with Crippen LogP contribution in [0.1, 0.15) is 19.8 Å². The fraction of sp³-hybridized carbons (Fsp3) is 0.769. The van der Waals surface area contributed by atoms with Crippen LogP contribution >= 0.6 is 0 Å². The fourth-order valence-corrected chi connectivity index (χ4v) is 2.34. The Morgan fingerprint density at radius 3 is 2.76 bits per heavy atom. The lowest BCUT2D eigenvalue weighted by molar-refractivity contribution is -0.132. The number of hydrogen-bond acceptors (Lipinski definition) is 3. The van der Waals surface area contributed by atoms with Crippen LogP contribution in [-0.2, 0) is 4.79 Å². The van der Waals surface area contributed by atoms with Crippen molar-refractivity contribution < 1.29 is 9.90 Å². The molecule has 1 fully saturated rings. The number of carboxylic acids is 1. The van der Waals surface area contributed by atoms with E-state index in [0.717, 1.165) is 25.6 Å². The zero-order valence-electron chi connectivity index (χ0n) is 11.1.